The van der Waals surface area contributed by atoms with E-state index in [1.54, 1.807) is 12.1 Å². The number of aliphatic hydroxyl groups is 3. The van der Waals surface area contributed by atoms with Crippen LogP contribution in [0, 0.1) is 11.8 Å². The first-order valence-electron chi connectivity index (χ1n) is 21.6. The molecule has 3 aliphatic rings. The number of unbranched alkanes of at least 4 members (excludes halogenated alkanes) is 1. The molecule has 6 rings (SSSR count). The van der Waals surface area contributed by atoms with Crippen molar-refractivity contribution in [1.82, 2.24) is 0 Å². The number of carbonyl (C=O) groups is 3. The van der Waals surface area contributed by atoms with Crippen LogP contribution in [0.15, 0.2) is 66.8 Å². The Bertz CT molecular complexity index is 2120. The molecule has 1 fully saturated rings. The monoisotopic (exact) mass is 906 g/mol. The third-order valence-electron chi connectivity index (χ3n) is 11.2. The lowest BCUT2D eigenvalue weighted by Crippen LogP contribution is -2.20. The molecule has 65 heavy (non-hydrogen) atoms. The lowest BCUT2D eigenvalue weighted by Gasteiger charge is -2.19. The van der Waals surface area contributed by atoms with E-state index in [0.717, 1.165) is 12.0 Å². The molecule has 0 unspecified atom stereocenters. The normalized spacial score (nSPS) is 18.9. The summed E-state index contributed by atoms with van der Waals surface area (Å²) < 4.78 is 60.9. The summed E-state index contributed by atoms with van der Waals surface area (Å²) in [4.78, 5) is 38.1. The number of allylic oxidation sites excluding steroid dienone is 2. The fourth-order valence-corrected chi connectivity index (χ4v) is 7.95. The molecule has 17 heteroatoms. The van der Waals surface area contributed by atoms with Gasteiger partial charge < -0.3 is 67.4 Å². The van der Waals surface area contributed by atoms with Gasteiger partial charge in [-0.2, -0.15) is 0 Å². The van der Waals surface area contributed by atoms with Crippen LogP contribution in [0.4, 0.5) is 0 Å². The molecule has 2 heterocycles. The van der Waals surface area contributed by atoms with Crippen LogP contribution in [0.5, 0.6) is 34.5 Å². The highest BCUT2D eigenvalue weighted by Crippen LogP contribution is 2.56. The van der Waals surface area contributed by atoms with E-state index in [0.29, 0.717) is 42.6 Å². The SMILES string of the molecule is COC(=O)c1cc(OC)c2c(c1-c1c(COC(=O)COCCOCCOC(=O)CCC/C=C\C[C@H]3[C@H](/C=C/[C@H](O)CCc4ccccc4)[C@@H](O)C[C@H]3O)cc(OC)c3c1OCO3)OCO2. The standard InChI is InChI=1S/C48H58O17/c1-55-38-23-31(42(46-44(38)62-28-64-46)43-35(48(54)57-3)24-39(56-2)45-47(43)65-29-63-45)26-61-41(53)27-59-20-19-58-21-22-60-40(52)14-10-5-4-9-13-33-34(37(51)25-36(33)50)18-17-32(49)16-15-30-11-7-6-8-12-30/h4,6-9,11-12,17-18,23-24,32-34,36-37,49-51H,5,10,13-16,19-22,25-29H2,1-3H3/b9-4-,18-17+/t32-,33+,34+,36-,37+/m1/s1. The summed E-state index contributed by atoms with van der Waals surface area (Å²) in [6.45, 7) is -0.521. The second kappa shape index (κ2) is 24.4. The number of fused-ring (bicyclic) bond motifs is 2. The predicted molar refractivity (Wildman–Crippen MR) is 232 cm³/mol. The van der Waals surface area contributed by atoms with Gasteiger partial charge in [-0.15, -0.1) is 0 Å². The summed E-state index contributed by atoms with van der Waals surface area (Å²) >= 11 is 0. The van der Waals surface area contributed by atoms with Crippen molar-refractivity contribution in [2.24, 2.45) is 11.8 Å². The van der Waals surface area contributed by atoms with Crippen LogP contribution in [-0.4, -0.2) is 119 Å². The molecule has 5 atom stereocenters. The summed E-state index contributed by atoms with van der Waals surface area (Å²) in [6, 6.07) is 13.0. The van der Waals surface area contributed by atoms with E-state index in [2.05, 4.69) is 0 Å². The van der Waals surface area contributed by atoms with Crippen molar-refractivity contribution in [3.8, 4) is 45.6 Å². The van der Waals surface area contributed by atoms with Crippen LogP contribution in [-0.2, 0) is 46.3 Å². The molecule has 1 aliphatic carbocycles. The van der Waals surface area contributed by atoms with Gasteiger partial charge in [0.2, 0.25) is 25.1 Å². The Morgan fingerprint density at radius 2 is 1.46 bits per heavy atom. The minimum atomic E-state index is -0.690. The Morgan fingerprint density at radius 3 is 2.18 bits per heavy atom. The number of aryl methyl sites for hydroxylation is 1. The molecule has 0 bridgehead atoms. The molecule has 0 aromatic heterocycles. The third kappa shape index (κ3) is 12.9. The van der Waals surface area contributed by atoms with Crippen molar-refractivity contribution >= 4 is 17.9 Å². The van der Waals surface area contributed by atoms with E-state index in [1.165, 1.54) is 27.4 Å². The van der Waals surface area contributed by atoms with Gasteiger partial charge in [-0.25, -0.2) is 9.59 Å². The fraction of sp³-hybridized carbons (Fsp3) is 0.479. The van der Waals surface area contributed by atoms with Gasteiger partial charge in [0.15, 0.2) is 23.0 Å². The highest BCUT2D eigenvalue weighted by atomic mass is 16.7. The van der Waals surface area contributed by atoms with E-state index < -0.39 is 30.3 Å². The van der Waals surface area contributed by atoms with Gasteiger partial charge in [-0.05, 0) is 55.7 Å². The molecule has 0 saturated heterocycles. The van der Waals surface area contributed by atoms with Crippen LogP contribution in [0.25, 0.3) is 11.1 Å². The van der Waals surface area contributed by atoms with Crippen molar-refractivity contribution in [1.29, 1.82) is 0 Å². The number of ether oxygens (including phenoxy) is 11. The molecule has 352 valence electrons. The van der Waals surface area contributed by atoms with Crippen molar-refractivity contribution in [2.75, 3.05) is 67.9 Å². The molecule has 3 aromatic rings. The smallest absolute Gasteiger partial charge is 0.338 e. The van der Waals surface area contributed by atoms with Crippen LogP contribution < -0.4 is 28.4 Å². The maximum absolute atomic E-state index is 13.1. The summed E-state index contributed by atoms with van der Waals surface area (Å²) in [5.41, 5.74) is 2.23. The quantitative estimate of drug-likeness (QED) is 0.0428. The van der Waals surface area contributed by atoms with Crippen molar-refractivity contribution in [3.63, 3.8) is 0 Å². The zero-order valence-electron chi connectivity index (χ0n) is 36.9. The van der Waals surface area contributed by atoms with E-state index in [-0.39, 0.29) is 124 Å². The predicted octanol–water partition coefficient (Wildman–Crippen LogP) is 5.26. The summed E-state index contributed by atoms with van der Waals surface area (Å²) in [5.74, 6) is -0.592. The van der Waals surface area contributed by atoms with Crippen LogP contribution in [0.3, 0.4) is 0 Å². The first kappa shape index (κ1) is 48.6. The number of methoxy groups -OCH3 is 3. The number of benzene rings is 3. The van der Waals surface area contributed by atoms with Gasteiger partial charge in [-0.1, -0.05) is 54.6 Å². The molecular weight excluding hydrogens is 849 g/mol. The zero-order valence-corrected chi connectivity index (χ0v) is 36.9. The lowest BCUT2D eigenvalue weighted by molar-refractivity contribution is -0.151. The van der Waals surface area contributed by atoms with Crippen molar-refractivity contribution < 1.29 is 81.8 Å². The first-order chi connectivity index (χ1) is 31.6. The number of aliphatic hydroxyl groups excluding tert-OH is 3. The Hall–Kier alpha value is -5.85. The van der Waals surface area contributed by atoms with Crippen LogP contribution in [0.2, 0.25) is 0 Å². The molecule has 0 amide bonds. The maximum atomic E-state index is 13.1. The molecule has 17 nitrogen and oxygen atoms in total. The maximum Gasteiger partial charge on any atom is 0.338 e. The summed E-state index contributed by atoms with van der Waals surface area (Å²) in [5, 5.41) is 31.6. The lowest BCUT2D eigenvalue weighted by atomic mass is 9.89. The van der Waals surface area contributed by atoms with Crippen molar-refractivity contribution in [2.45, 2.75) is 69.9 Å². The minimum Gasteiger partial charge on any atom is -0.493 e. The van der Waals surface area contributed by atoms with Gasteiger partial charge in [0, 0.05) is 35.4 Å². The largest absolute Gasteiger partial charge is 0.493 e. The number of hydrogen-bond donors (Lipinski definition) is 3. The fourth-order valence-electron chi connectivity index (χ4n) is 7.95. The second-order valence-electron chi connectivity index (χ2n) is 15.5. The molecular formula is C48H58O17. The number of rotatable bonds is 25. The summed E-state index contributed by atoms with van der Waals surface area (Å²) in [6.07, 6.45) is 9.16. The topological polar surface area (TPSA) is 213 Å². The Kier molecular flexibility index (Phi) is 18.3. The highest BCUT2D eigenvalue weighted by Gasteiger charge is 2.40. The van der Waals surface area contributed by atoms with Crippen molar-refractivity contribution in [3.05, 3.63) is 83.5 Å². The Labute approximate surface area is 377 Å². The van der Waals surface area contributed by atoms with Gasteiger partial charge in [0.05, 0.1) is 65.0 Å². The second-order valence-corrected chi connectivity index (χ2v) is 15.5. The third-order valence-corrected chi connectivity index (χ3v) is 11.2. The molecule has 3 N–H and O–H groups in total. The zero-order chi connectivity index (χ0) is 46.1. The first-order valence-corrected chi connectivity index (χ1v) is 21.6. The van der Waals surface area contributed by atoms with Crippen LogP contribution in [0.1, 0.15) is 60.0 Å². The minimum absolute atomic E-state index is 0.0576. The van der Waals surface area contributed by atoms with Gasteiger partial charge in [0.1, 0.15) is 19.8 Å². The van der Waals surface area contributed by atoms with E-state index >= 15 is 0 Å². The Balaban J connectivity index is 0.868. The molecule has 0 spiro atoms. The molecule has 1 saturated carbocycles. The molecule has 0 radical (unpaired) electrons. The number of esters is 3. The van der Waals surface area contributed by atoms with E-state index in [9.17, 15) is 29.7 Å². The van der Waals surface area contributed by atoms with E-state index in [4.69, 9.17) is 52.1 Å². The van der Waals surface area contributed by atoms with Gasteiger partial charge >= 0.3 is 17.9 Å². The highest BCUT2D eigenvalue weighted by molar-refractivity contribution is 6.03. The molecule has 2 aliphatic heterocycles. The average Bonchev–Trinajstić information content (AvgIpc) is 4.07. The average molecular weight is 907 g/mol. The van der Waals surface area contributed by atoms with Gasteiger partial charge in [0.25, 0.3) is 0 Å². The Morgan fingerprint density at radius 1 is 0.785 bits per heavy atom. The number of hydrogen-bond acceptors (Lipinski definition) is 17. The van der Waals surface area contributed by atoms with Crippen LogP contribution >= 0.6 is 0 Å². The van der Waals surface area contributed by atoms with E-state index in [1.807, 2.05) is 48.6 Å². The number of carbonyl (C=O) groups excluding carboxylic acids is 3. The molecule has 3 aromatic carbocycles. The summed E-state index contributed by atoms with van der Waals surface area (Å²) in [7, 11) is 4.12. The van der Waals surface area contributed by atoms with Gasteiger partial charge in [-0.3, -0.25) is 4.79 Å².